The molecule has 18 heavy (non-hydrogen) atoms. The van der Waals surface area contributed by atoms with Gasteiger partial charge in [0, 0.05) is 18.8 Å². The molecule has 4 nitrogen and oxygen atoms in total. The van der Waals surface area contributed by atoms with E-state index in [9.17, 15) is 9.18 Å². The zero-order valence-corrected chi connectivity index (χ0v) is 10.5. The van der Waals surface area contributed by atoms with E-state index in [1.54, 1.807) is 6.20 Å². The van der Waals surface area contributed by atoms with Gasteiger partial charge in [0.05, 0.1) is 12.1 Å². The molecule has 0 bridgehead atoms. The van der Waals surface area contributed by atoms with Crippen LogP contribution in [0.4, 0.5) is 4.39 Å². The molecular formula is C13H18FN3O. The second-order valence-corrected chi connectivity index (χ2v) is 4.85. The van der Waals surface area contributed by atoms with Gasteiger partial charge in [0.2, 0.25) is 5.91 Å². The van der Waals surface area contributed by atoms with Crippen LogP contribution in [0.1, 0.15) is 31.4 Å². The Morgan fingerprint density at radius 2 is 2.39 bits per heavy atom. The van der Waals surface area contributed by atoms with Crippen molar-refractivity contribution in [1.82, 2.24) is 9.88 Å². The van der Waals surface area contributed by atoms with E-state index in [2.05, 4.69) is 9.88 Å². The first-order valence-corrected chi connectivity index (χ1v) is 6.21. The fourth-order valence-electron chi connectivity index (χ4n) is 2.46. The Bertz CT molecular complexity index is 438. The quantitative estimate of drug-likeness (QED) is 0.885. The summed E-state index contributed by atoms with van der Waals surface area (Å²) < 4.78 is 13.1. The Balaban J connectivity index is 2.09. The molecule has 5 heteroatoms. The molecule has 0 saturated carbocycles. The molecule has 98 valence electrons. The maximum absolute atomic E-state index is 13.1. The molecule has 0 aliphatic carbocycles. The number of primary amides is 1. The first-order chi connectivity index (χ1) is 8.58. The highest BCUT2D eigenvalue weighted by atomic mass is 19.1. The average molecular weight is 251 g/mol. The summed E-state index contributed by atoms with van der Waals surface area (Å²) in [6.07, 6.45) is 4.65. The summed E-state index contributed by atoms with van der Waals surface area (Å²) in [4.78, 5) is 17.3. The Morgan fingerprint density at radius 3 is 3.06 bits per heavy atom. The van der Waals surface area contributed by atoms with Crippen LogP contribution in [0, 0.1) is 11.7 Å². The topological polar surface area (TPSA) is 59.2 Å². The lowest BCUT2D eigenvalue weighted by Crippen LogP contribution is -2.42. The van der Waals surface area contributed by atoms with Crippen LogP contribution in [0.5, 0.6) is 0 Å². The van der Waals surface area contributed by atoms with Crippen LogP contribution in [-0.2, 0) is 4.79 Å². The number of nitrogens with zero attached hydrogens (tertiary/aromatic N) is 2. The number of aromatic nitrogens is 1. The van der Waals surface area contributed by atoms with Crippen LogP contribution in [0.2, 0.25) is 0 Å². The SMILES string of the molecule is CC(c1cncc(F)c1)N1CCCC(C(N)=O)C1. The van der Waals surface area contributed by atoms with E-state index in [-0.39, 0.29) is 23.7 Å². The molecule has 2 atom stereocenters. The maximum atomic E-state index is 13.1. The molecule has 1 aliphatic heterocycles. The molecular weight excluding hydrogens is 233 g/mol. The van der Waals surface area contributed by atoms with Gasteiger partial charge in [0.25, 0.3) is 0 Å². The van der Waals surface area contributed by atoms with Crippen LogP contribution in [0.15, 0.2) is 18.5 Å². The third kappa shape index (κ3) is 2.85. The molecule has 1 aromatic rings. The van der Waals surface area contributed by atoms with E-state index in [1.165, 1.54) is 12.3 Å². The molecule has 2 heterocycles. The number of amides is 1. The third-order valence-electron chi connectivity index (χ3n) is 3.61. The number of piperidine rings is 1. The summed E-state index contributed by atoms with van der Waals surface area (Å²) in [5, 5.41) is 0. The predicted octanol–water partition coefficient (Wildman–Crippen LogP) is 1.48. The minimum absolute atomic E-state index is 0.0512. The molecule has 1 saturated heterocycles. The van der Waals surface area contributed by atoms with Crippen molar-refractivity contribution in [3.8, 4) is 0 Å². The smallest absolute Gasteiger partial charge is 0.221 e. The molecule has 1 fully saturated rings. The summed E-state index contributed by atoms with van der Waals surface area (Å²) in [6, 6.07) is 1.54. The van der Waals surface area contributed by atoms with Crippen molar-refractivity contribution in [1.29, 1.82) is 0 Å². The van der Waals surface area contributed by atoms with Gasteiger partial charge in [-0.25, -0.2) is 4.39 Å². The van der Waals surface area contributed by atoms with Gasteiger partial charge in [-0.3, -0.25) is 14.7 Å². The zero-order valence-electron chi connectivity index (χ0n) is 10.5. The Labute approximate surface area is 106 Å². The summed E-state index contributed by atoms with van der Waals surface area (Å²) in [5.74, 6) is -0.671. The molecule has 0 radical (unpaired) electrons. The van der Waals surface area contributed by atoms with Gasteiger partial charge in [-0.1, -0.05) is 0 Å². The average Bonchev–Trinajstić information content (AvgIpc) is 2.38. The van der Waals surface area contributed by atoms with E-state index in [4.69, 9.17) is 5.73 Å². The number of hydrogen-bond donors (Lipinski definition) is 1. The molecule has 2 N–H and O–H groups in total. The maximum Gasteiger partial charge on any atom is 0.221 e. The lowest BCUT2D eigenvalue weighted by Gasteiger charge is -2.35. The molecule has 2 rings (SSSR count). The summed E-state index contributed by atoms with van der Waals surface area (Å²) >= 11 is 0. The normalized spacial score (nSPS) is 22.7. The zero-order chi connectivity index (χ0) is 13.1. The highest BCUT2D eigenvalue weighted by Crippen LogP contribution is 2.26. The molecule has 0 spiro atoms. The Kier molecular flexibility index (Phi) is 3.91. The summed E-state index contributed by atoms with van der Waals surface area (Å²) in [7, 11) is 0. The molecule has 1 aromatic heterocycles. The lowest BCUT2D eigenvalue weighted by atomic mass is 9.95. The van der Waals surface area contributed by atoms with E-state index in [0.717, 1.165) is 24.9 Å². The highest BCUT2D eigenvalue weighted by molar-refractivity contribution is 5.76. The number of carbonyl (C=O) groups excluding carboxylic acids is 1. The second kappa shape index (κ2) is 5.44. The molecule has 1 aliphatic rings. The number of likely N-dealkylation sites (tertiary alicyclic amines) is 1. The van der Waals surface area contributed by atoms with Crippen LogP contribution in [-0.4, -0.2) is 28.9 Å². The fourth-order valence-corrected chi connectivity index (χ4v) is 2.46. The fraction of sp³-hybridized carbons (Fsp3) is 0.538. The monoisotopic (exact) mass is 251 g/mol. The summed E-state index contributed by atoms with van der Waals surface area (Å²) in [6.45, 7) is 3.55. The van der Waals surface area contributed by atoms with Crippen molar-refractivity contribution in [3.05, 3.63) is 29.8 Å². The van der Waals surface area contributed by atoms with Crippen LogP contribution < -0.4 is 5.73 Å². The van der Waals surface area contributed by atoms with Crippen molar-refractivity contribution in [2.24, 2.45) is 11.7 Å². The second-order valence-electron chi connectivity index (χ2n) is 4.85. The molecule has 0 aromatic carbocycles. The highest BCUT2D eigenvalue weighted by Gasteiger charge is 2.27. The number of nitrogens with two attached hydrogens (primary N) is 1. The number of halogens is 1. The van der Waals surface area contributed by atoms with Gasteiger partial charge in [-0.2, -0.15) is 0 Å². The molecule has 1 amide bonds. The van der Waals surface area contributed by atoms with Gasteiger partial charge in [-0.15, -0.1) is 0 Å². The van der Waals surface area contributed by atoms with Gasteiger partial charge in [0.1, 0.15) is 5.82 Å². The van der Waals surface area contributed by atoms with Crippen molar-refractivity contribution >= 4 is 5.91 Å². The van der Waals surface area contributed by atoms with Gasteiger partial charge < -0.3 is 5.73 Å². The molecule has 2 unspecified atom stereocenters. The number of rotatable bonds is 3. The van der Waals surface area contributed by atoms with E-state index < -0.39 is 0 Å². The first kappa shape index (κ1) is 13.0. The van der Waals surface area contributed by atoms with Gasteiger partial charge >= 0.3 is 0 Å². The van der Waals surface area contributed by atoms with E-state index in [1.807, 2.05) is 6.92 Å². The van der Waals surface area contributed by atoms with Gasteiger partial charge in [-0.05, 0) is 37.9 Å². The number of pyridine rings is 1. The van der Waals surface area contributed by atoms with Crippen molar-refractivity contribution in [2.45, 2.75) is 25.8 Å². The van der Waals surface area contributed by atoms with Crippen LogP contribution in [0.3, 0.4) is 0 Å². The van der Waals surface area contributed by atoms with E-state index >= 15 is 0 Å². The van der Waals surface area contributed by atoms with Crippen LogP contribution in [0.25, 0.3) is 0 Å². The summed E-state index contributed by atoms with van der Waals surface area (Å²) in [5.41, 5.74) is 6.19. The third-order valence-corrected chi connectivity index (χ3v) is 3.61. The first-order valence-electron chi connectivity index (χ1n) is 6.21. The lowest BCUT2D eigenvalue weighted by molar-refractivity contribution is -0.123. The Morgan fingerprint density at radius 1 is 1.61 bits per heavy atom. The Hall–Kier alpha value is -1.49. The van der Waals surface area contributed by atoms with Crippen molar-refractivity contribution < 1.29 is 9.18 Å². The van der Waals surface area contributed by atoms with Crippen molar-refractivity contribution in [2.75, 3.05) is 13.1 Å². The largest absolute Gasteiger partial charge is 0.369 e. The standard InChI is InChI=1S/C13H18FN3O/c1-9(11-5-12(14)7-16-6-11)17-4-2-3-10(8-17)13(15)18/h5-7,9-10H,2-4,8H2,1H3,(H2,15,18). The van der Waals surface area contributed by atoms with Crippen LogP contribution >= 0.6 is 0 Å². The number of carbonyl (C=O) groups is 1. The predicted molar refractivity (Wildman–Crippen MR) is 66.1 cm³/mol. The minimum atomic E-state index is -0.331. The van der Waals surface area contributed by atoms with Crippen molar-refractivity contribution in [3.63, 3.8) is 0 Å². The van der Waals surface area contributed by atoms with E-state index in [0.29, 0.717) is 6.54 Å². The number of hydrogen-bond acceptors (Lipinski definition) is 3. The minimum Gasteiger partial charge on any atom is -0.369 e. The van der Waals surface area contributed by atoms with Gasteiger partial charge in [0.15, 0.2) is 0 Å².